The van der Waals surface area contributed by atoms with Crippen LogP contribution in [0.4, 0.5) is 4.39 Å². The van der Waals surface area contributed by atoms with Gasteiger partial charge in [0.05, 0.1) is 11.1 Å². The van der Waals surface area contributed by atoms with Crippen molar-refractivity contribution in [1.29, 1.82) is 5.26 Å². The summed E-state index contributed by atoms with van der Waals surface area (Å²) in [5, 5.41) is 9.26. The first kappa shape index (κ1) is 15.9. The molecule has 0 atom stereocenters. The molecule has 2 aromatic rings. The molecule has 22 heavy (non-hydrogen) atoms. The predicted molar refractivity (Wildman–Crippen MR) is 85.2 cm³/mol. The van der Waals surface area contributed by atoms with E-state index in [2.05, 4.69) is 0 Å². The summed E-state index contributed by atoms with van der Waals surface area (Å²) >= 11 is 0. The van der Waals surface area contributed by atoms with Gasteiger partial charge in [0.1, 0.15) is 11.9 Å². The predicted octanol–water partition coefficient (Wildman–Crippen LogP) is 4.91. The summed E-state index contributed by atoms with van der Waals surface area (Å²) in [4.78, 5) is 12.0. The molecule has 0 saturated carbocycles. The lowest BCUT2D eigenvalue weighted by molar-refractivity contribution is 0.0977. The SMILES string of the molecule is CCCC(=O)c1c(F)cc(-c2cccc(CC)c2)cc1C#N. The molecule has 0 heterocycles. The van der Waals surface area contributed by atoms with Crippen LogP contribution in [0.15, 0.2) is 36.4 Å². The highest BCUT2D eigenvalue weighted by Gasteiger charge is 2.18. The third-order valence-corrected chi connectivity index (χ3v) is 3.64. The van der Waals surface area contributed by atoms with Gasteiger partial charge in [-0.3, -0.25) is 4.79 Å². The lowest BCUT2D eigenvalue weighted by atomic mass is 9.94. The molecule has 0 N–H and O–H groups in total. The zero-order valence-corrected chi connectivity index (χ0v) is 12.8. The highest BCUT2D eigenvalue weighted by molar-refractivity contribution is 5.99. The fraction of sp³-hybridized carbons (Fsp3) is 0.263. The number of ketones is 1. The molecule has 0 radical (unpaired) electrons. The van der Waals surface area contributed by atoms with Crippen molar-refractivity contribution < 1.29 is 9.18 Å². The molecular weight excluding hydrogens is 277 g/mol. The van der Waals surface area contributed by atoms with Crippen molar-refractivity contribution >= 4 is 5.78 Å². The number of aryl methyl sites for hydroxylation is 1. The number of hydrogen-bond donors (Lipinski definition) is 0. The zero-order chi connectivity index (χ0) is 16.1. The Labute approximate surface area is 130 Å². The smallest absolute Gasteiger partial charge is 0.167 e. The van der Waals surface area contributed by atoms with E-state index < -0.39 is 5.82 Å². The molecule has 0 spiro atoms. The lowest BCUT2D eigenvalue weighted by Crippen LogP contribution is -2.06. The second-order valence-corrected chi connectivity index (χ2v) is 5.22. The Bertz CT molecular complexity index is 744. The van der Waals surface area contributed by atoms with Gasteiger partial charge in [-0.1, -0.05) is 38.1 Å². The molecule has 2 rings (SSSR count). The van der Waals surface area contributed by atoms with Gasteiger partial charge in [0.2, 0.25) is 0 Å². The van der Waals surface area contributed by atoms with Gasteiger partial charge < -0.3 is 0 Å². The van der Waals surface area contributed by atoms with Crippen LogP contribution < -0.4 is 0 Å². The van der Waals surface area contributed by atoms with Gasteiger partial charge in [0.25, 0.3) is 0 Å². The Morgan fingerprint density at radius 2 is 1.95 bits per heavy atom. The number of Topliss-reactive ketones (excluding diaryl/α,β-unsaturated/α-hetero) is 1. The van der Waals surface area contributed by atoms with Crippen molar-refractivity contribution in [3.8, 4) is 17.2 Å². The summed E-state index contributed by atoms with van der Waals surface area (Å²) in [5.74, 6) is -0.931. The molecule has 3 heteroatoms. The number of rotatable bonds is 5. The van der Waals surface area contributed by atoms with Gasteiger partial charge in [0, 0.05) is 6.42 Å². The van der Waals surface area contributed by atoms with E-state index in [0.717, 1.165) is 17.5 Å². The number of hydrogen-bond acceptors (Lipinski definition) is 2. The summed E-state index contributed by atoms with van der Waals surface area (Å²) in [7, 11) is 0. The number of carbonyl (C=O) groups is 1. The molecule has 0 saturated heterocycles. The number of halogens is 1. The van der Waals surface area contributed by atoms with Crippen LogP contribution in [-0.2, 0) is 6.42 Å². The van der Waals surface area contributed by atoms with Crippen LogP contribution in [0.1, 0.15) is 48.2 Å². The molecule has 0 aliphatic rings. The highest BCUT2D eigenvalue weighted by Crippen LogP contribution is 2.26. The van der Waals surface area contributed by atoms with Crippen molar-refractivity contribution in [3.63, 3.8) is 0 Å². The van der Waals surface area contributed by atoms with Gasteiger partial charge in [-0.15, -0.1) is 0 Å². The van der Waals surface area contributed by atoms with E-state index in [1.807, 2.05) is 44.2 Å². The van der Waals surface area contributed by atoms with E-state index in [9.17, 15) is 14.4 Å². The van der Waals surface area contributed by atoms with E-state index in [4.69, 9.17) is 0 Å². The second kappa shape index (κ2) is 7.00. The third-order valence-electron chi connectivity index (χ3n) is 3.64. The van der Waals surface area contributed by atoms with Crippen molar-refractivity contribution in [2.75, 3.05) is 0 Å². The maximum Gasteiger partial charge on any atom is 0.167 e. The number of carbonyl (C=O) groups excluding carboxylic acids is 1. The summed E-state index contributed by atoms with van der Waals surface area (Å²) < 4.78 is 14.4. The lowest BCUT2D eigenvalue weighted by Gasteiger charge is -2.09. The average molecular weight is 295 g/mol. The first-order valence-electron chi connectivity index (χ1n) is 7.46. The normalized spacial score (nSPS) is 10.3. The molecule has 2 aromatic carbocycles. The minimum Gasteiger partial charge on any atom is -0.294 e. The molecule has 0 unspecified atom stereocenters. The van der Waals surface area contributed by atoms with E-state index in [0.29, 0.717) is 12.0 Å². The van der Waals surface area contributed by atoms with Gasteiger partial charge in [-0.25, -0.2) is 4.39 Å². The molecule has 112 valence electrons. The average Bonchev–Trinajstić information content (AvgIpc) is 2.54. The van der Waals surface area contributed by atoms with Gasteiger partial charge in [0.15, 0.2) is 5.78 Å². The minimum absolute atomic E-state index is 0.0836. The Hall–Kier alpha value is -2.47. The number of nitriles is 1. The third kappa shape index (κ3) is 3.23. The molecular formula is C19H18FNO. The highest BCUT2D eigenvalue weighted by atomic mass is 19.1. The quantitative estimate of drug-likeness (QED) is 0.735. The molecule has 0 aromatic heterocycles. The molecule has 0 aliphatic carbocycles. The number of benzene rings is 2. The second-order valence-electron chi connectivity index (χ2n) is 5.22. The van der Waals surface area contributed by atoms with Crippen LogP contribution >= 0.6 is 0 Å². The fourth-order valence-corrected chi connectivity index (χ4v) is 2.47. The maximum atomic E-state index is 14.4. The Morgan fingerprint density at radius 3 is 2.59 bits per heavy atom. The monoisotopic (exact) mass is 295 g/mol. The summed E-state index contributed by atoms with van der Waals surface area (Å²) in [6.45, 7) is 3.90. The molecule has 0 amide bonds. The van der Waals surface area contributed by atoms with Gasteiger partial charge in [-0.05, 0) is 41.7 Å². The largest absolute Gasteiger partial charge is 0.294 e. The minimum atomic E-state index is -0.616. The Balaban J connectivity index is 2.54. The standard InChI is InChI=1S/C19H18FNO/c1-3-6-18(22)19-16(12-21)10-15(11-17(19)20)14-8-5-7-13(4-2)9-14/h5,7-11H,3-4,6H2,1-2H3. The van der Waals surface area contributed by atoms with E-state index >= 15 is 0 Å². The molecule has 2 nitrogen and oxygen atoms in total. The molecule has 0 bridgehead atoms. The van der Waals surface area contributed by atoms with Gasteiger partial charge in [-0.2, -0.15) is 5.26 Å². The molecule has 0 aliphatic heterocycles. The first-order valence-corrected chi connectivity index (χ1v) is 7.46. The summed E-state index contributed by atoms with van der Waals surface area (Å²) in [5.41, 5.74) is 2.64. The van der Waals surface area contributed by atoms with Crippen molar-refractivity contribution in [1.82, 2.24) is 0 Å². The maximum absolute atomic E-state index is 14.4. The van der Waals surface area contributed by atoms with Crippen molar-refractivity contribution in [2.24, 2.45) is 0 Å². The number of nitrogens with zero attached hydrogens (tertiary/aromatic N) is 1. The van der Waals surface area contributed by atoms with Crippen LogP contribution in [0.2, 0.25) is 0 Å². The van der Waals surface area contributed by atoms with Crippen LogP contribution in [0, 0.1) is 17.1 Å². The van der Waals surface area contributed by atoms with E-state index in [1.165, 1.54) is 6.07 Å². The van der Waals surface area contributed by atoms with Crippen molar-refractivity contribution in [2.45, 2.75) is 33.1 Å². The van der Waals surface area contributed by atoms with E-state index in [1.54, 1.807) is 6.07 Å². The summed E-state index contributed by atoms with van der Waals surface area (Å²) in [6, 6.07) is 12.7. The zero-order valence-electron chi connectivity index (χ0n) is 12.8. The Morgan fingerprint density at radius 1 is 1.18 bits per heavy atom. The van der Waals surface area contributed by atoms with Gasteiger partial charge >= 0.3 is 0 Å². The van der Waals surface area contributed by atoms with Crippen LogP contribution in [0.3, 0.4) is 0 Å². The summed E-state index contributed by atoms with van der Waals surface area (Å²) in [6.07, 6.45) is 1.76. The van der Waals surface area contributed by atoms with E-state index in [-0.39, 0.29) is 23.3 Å². The van der Waals surface area contributed by atoms with Crippen LogP contribution in [-0.4, -0.2) is 5.78 Å². The molecule has 0 fully saturated rings. The van der Waals surface area contributed by atoms with Crippen molar-refractivity contribution in [3.05, 3.63) is 58.9 Å². The first-order chi connectivity index (χ1) is 10.6. The topological polar surface area (TPSA) is 40.9 Å². The fourth-order valence-electron chi connectivity index (χ4n) is 2.47. The van der Waals surface area contributed by atoms with Crippen LogP contribution in [0.5, 0.6) is 0 Å². The Kier molecular flexibility index (Phi) is 5.06. The van der Waals surface area contributed by atoms with Crippen LogP contribution in [0.25, 0.3) is 11.1 Å².